The Hall–Kier alpha value is -1.65. The zero-order chi connectivity index (χ0) is 20.5. The predicted octanol–water partition coefficient (Wildman–Crippen LogP) is 6.35. The lowest BCUT2D eigenvalue weighted by molar-refractivity contribution is -0.119. The highest BCUT2D eigenvalue weighted by Gasteiger charge is 2.14. The van der Waals surface area contributed by atoms with Crippen LogP contribution in [0.4, 0.5) is 0 Å². The van der Waals surface area contributed by atoms with E-state index < -0.39 is 0 Å². The number of pyridine rings is 1. The lowest BCUT2D eigenvalue weighted by Gasteiger charge is -2.10. The highest BCUT2D eigenvalue weighted by Crippen LogP contribution is 2.25. The molecule has 0 atom stereocenters. The van der Waals surface area contributed by atoms with Crippen LogP contribution in [0.2, 0.25) is 0 Å². The molecule has 0 N–H and O–H groups in total. The van der Waals surface area contributed by atoms with Gasteiger partial charge in [-0.3, -0.25) is 9.78 Å². The monoisotopic (exact) mass is 421 g/mol. The fourth-order valence-electron chi connectivity index (χ4n) is 3.46. The van der Waals surface area contributed by atoms with Crippen LogP contribution < -0.4 is 0 Å². The van der Waals surface area contributed by atoms with Crippen molar-refractivity contribution < 1.29 is 4.79 Å². The third-order valence-electron chi connectivity index (χ3n) is 4.51. The maximum Gasteiger partial charge on any atom is 0.133 e. The van der Waals surface area contributed by atoms with Crippen molar-refractivity contribution in [2.75, 3.05) is 5.34 Å². The van der Waals surface area contributed by atoms with Crippen molar-refractivity contribution in [2.24, 2.45) is 5.92 Å². The van der Waals surface area contributed by atoms with E-state index in [0.29, 0.717) is 24.5 Å². The second-order valence-corrected chi connectivity index (χ2v) is 8.09. The van der Waals surface area contributed by atoms with Gasteiger partial charge in [-0.25, -0.2) is 4.98 Å². The molecule has 6 heteroatoms. The second-order valence-electron chi connectivity index (χ2n) is 7.28. The standard InChI is InChI=1S/C21H27N3O.CH2Cl2/c1-4-8-20-23-19-14-22-18-11-6-5-10-17(18)21(19)24(20)12-7-9-16(25)13-15(2)3;2-1-3/h5-6,10-11,14-15H,4,7-9,12-13H2,1-3H3;1H2. The summed E-state index contributed by atoms with van der Waals surface area (Å²) in [5, 5.41) is 1.34. The molecule has 152 valence electrons. The molecule has 3 rings (SSSR count). The van der Waals surface area contributed by atoms with Crippen LogP contribution in [0.15, 0.2) is 30.5 Å². The summed E-state index contributed by atoms with van der Waals surface area (Å²) < 4.78 is 2.31. The van der Waals surface area contributed by atoms with E-state index in [9.17, 15) is 4.79 Å². The van der Waals surface area contributed by atoms with E-state index in [2.05, 4.69) is 36.4 Å². The number of hydrogen-bond acceptors (Lipinski definition) is 3. The first-order valence-corrected chi connectivity index (χ1v) is 10.9. The van der Waals surface area contributed by atoms with Gasteiger partial charge in [-0.05, 0) is 24.8 Å². The summed E-state index contributed by atoms with van der Waals surface area (Å²) in [6.45, 7) is 7.20. The summed E-state index contributed by atoms with van der Waals surface area (Å²) in [6, 6.07) is 8.21. The quantitative estimate of drug-likeness (QED) is 0.397. The molecule has 0 aliphatic carbocycles. The molecule has 0 bridgehead atoms. The highest BCUT2D eigenvalue weighted by atomic mass is 35.5. The number of hydrogen-bond donors (Lipinski definition) is 0. The molecule has 1 aromatic carbocycles. The van der Waals surface area contributed by atoms with E-state index in [-0.39, 0.29) is 5.34 Å². The van der Waals surface area contributed by atoms with Crippen molar-refractivity contribution in [3.05, 3.63) is 36.3 Å². The Morgan fingerprint density at radius 3 is 2.57 bits per heavy atom. The maximum atomic E-state index is 12.0. The van der Waals surface area contributed by atoms with Crippen molar-refractivity contribution in [2.45, 2.75) is 59.4 Å². The maximum absolute atomic E-state index is 12.0. The number of imidazole rings is 1. The first kappa shape index (κ1) is 22.6. The number of nitrogens with zero attached hydrogens (tertiary/aromatic N) is 3. The number of para-hydroxylation sites is 1. The lowest BCUT2D eigenvalue weighted by atomic mass is 10.0. The topological polar surface area (TPSA) is 47.8 Å². The normalized spacial score (nSPS) is 11.1. The van der Waals surface area contributed by atoms with Crippen molar-refractivity contribution in [1.82, 2.24) is 14.5 Å². The van der Waals surface area contributed by atoms with E-state index in [0.717, 1.165) is 53.6 Å². The van der Waals surface area contributed by atoms with Crippen molar-refractivity contribution >= 4 is 50.9 Å². The van der Waals surface area contributed by atoms with E-state index in [1.54, 1.807) is 0 Å². The summed E-state index contributed by atoms with van der Waals surface area (Å²) in [5.41, 5.74) is 3.11. The highest BCUT2D eigenvalue weighted by molar-refractivity contribution is 6.40. The van der Waals surface area contributed by atoms with Crippen molar-refractivity contribution in [3.8, 4) is 0 Å². The van der Waals surface area contributed by atoms with Crippen LogP contribution >= 0.6 is 23.2 Å². The number of rotatable bonds is 8. The Balaban J connectivity index is 0.000000878. The lowest BCUT2D eigenvalue weighted by Crippen LogP contribution is -2.08. The summed E-state index contributed by atoms with van der Waals surface area (Å²) >= 11 is 9.53. The minimum Gasteiger partial charge on any atom is -0.327 e. The number of halogens is 2. The smallest absolute Gasteiger partial charge is 0.133 e. The van der Waals surface area contributed by atoms with E-state index in [4.69, 9.17) is 28.2 Å². The van der Waals surface area contributed by atoms with Crippen molar-refractivity contribution in [1.29, 1.82) is 0 Å². The van der Waals surface area contributed by atoms with Gasteiger partial charge in [0.1, 0.15) is 17.1 Å². The van der Waals surface area contributed by atoms with Crippen LogP contribution in [0, 0.1) is 5.92 Å². The van der Waals surface area contributed by atoms with Crippen LogP contribution in [0.25, 0.3) is 21.9 Å². The molecule has 0 saturated carbocycles. The largest absolute Gasteiger partial charge is 0.327 e. The van der Waals surface area contributed by atoms with E-state index >= 15 is 0 Å². The number of Topliss-reactive ketones (excluding diaryl/α,β-unsaturated/α-hetero) is 1. The minimum absolute atomic E-state index is 0.194. The van der Waals surface area contributed by atoms with Crippen molar-refractivity contribution in [3.63, 3.8) is 0 Å². The average Bonchev–Trinajstić information content (AvgIpc) is 3.00. The van der Waals surface area contributed by atoms with Gasteiger partial charge in [0.25, 0.3) is 0 Å². The molecule has 0 amide bonds. The molecule has 2 aromatic heterocycles. The van der Waals surface area contributed by atoms with Gasteiger partial charge in [0.05, 0.1) is 22.6 Å². The number of fused-ring (bicyclic) bond motifs is 3. The molecule has 0 fully saturated rings. The number of aryl methyl sites for hydroxylation is 2. The molecule has 0 aliphatic rings. The molecule has 0 unspecified atom stereocenters. The SMILES string of the molecule is CCCc1nc2cnc3ccccc3c2n1CCCC(=O)CC(C)C.ClCCl. The number of carbonyl (C=O) groups is 1. The third-order valence-corrected chi connectivity index (χ3v) is 4.51. The molecule has 3 aromatic rings. The molecule has 4 nitrogen and oxygen atoms in total. The molecule has 0 saturated heterocycles. The number of benzene rings is 1. The van der Waals surface area contributed by atoms with Crippen LogP contribution in [0.3, 0.4) is 0 Å². The Kier molecular flexibility index (Phi) is 9.20. The van der Waals surface area contributed by atoms with Crippen LogP contribution in [0.1, 0.15) is 52.3 Å². The van der Waals surface area contributed by atoms with E-state index in [1.165, 1.54) is 0 Å². The summed E-state index contributed by atoms with van der Waals surface area (Å²) in [4.78, 5) is 21.4. The number of carbonyl (C=O) groups excluding carboxylic acids is 1. The molecule has 28 heavy (non-hydrogen) atoms. The number of aromatic nitrogens is 3. The van der Waals surface area contributed by atoms with Gasteiger partial charge in [-0.1, -0.05) is 39.0 Å². The minimum atomic E-state index is 0.194. The van der Waals surface area contributed by atoms with Gasteiger partial charge in [0.2, 0.25) is 0 Å². The van der Waals surface area contributed by atoms with Gasteiger partial charge < -0.3 is 4.57 Å². The molecule has 0 spiro atoms. The molecule has 2 heterocycles. The van der Waals surface area contributed by atoms with Gasteiger partial charge in [0.15, 0.2) is 0 Å². The first-order valence-electron chi connectivity index (χ1n) is 9.88. The van der Waals surface area contributed by atoms with Gasteiger partial charge in [-0.2, -0.15) is 0 Å². The first-order chi connectivity index (χ1) is 13.5. The predicted molar refractivity (Wildman–Crippen MR) is 119 cm³/mol. The Bertz CT molecular complexity index is 905. The molecular weight excluding hydrogens is 393 g/mol. The Morgan fingerprint density at radius 1 is 1.18 bits per heavy atom. The molecule has 0 radical (unpaired) electrons. The second kappa shape index (κ2) is 11.4. The summed E-state index contributed by atoms with van der Waals surface area (Å²) in [5.74, 6) is 1.90. The summed E-state index contributed by atoms with van der Waals surface area (Å²) in [7, 11) is 0. The van der Waals surface area contributed by atoms with Crippen LogP contribution in [0.5, 0.6) is 0 Å². The zero-order valence-corrected chi connectivity index (χ0v) is 18.4. The van der Waals surface area contributed by atoms with Gasteiger partial charge in [-0.15, -0.1) is 23.2 Å². The van der Waals surface area contributed by atoms with Crippen LogP contribution in [-0.2, 0) is 17.8 Å². The zero-order valence-electron chi connectivity index (χ0n) is 16.9. The fraction of sp³-hybridized carbons (Fsp3) is 0.500. The number of ketones is 1. The summed E-state index contributed by atoms with van der Waals surface area (Å²) in [6.07, 6.45) is 6.07. The van der Waals surface area contributed by atoms with E-state index in [1.807, 2.05) is 24.4 Å². The van der Waals surface area contributed by atoms with Gasteiger partial charge in [0, 0.05) is 31.2 Å². The van der Waals surface area contributed by atoms with Gasteiger partial charge >= 0.3 is 0 Å². The average molecular weight is 422 g/mol. The number of alkyl halides is 2. The molecule has 0 aliphatic heterocycles. The fourth-order valence-corrected chi connectivity index (χ4v) is 3.46. The molecular formula is C22H29Cl2N3O. The third kappa shape index (κ3) is 5.92. The van der Waals surface area contributed by atoms with Crippen LogP contribution in [-0.4, -0.2) is 25.7 Å². The Morgan fingerprint density at radius 2 is 1.89 bits per heavy atom. The Labute approximate surface area is 177 Å².